The van der Waals surface area contributed by atoms with Crippen molar-refractivity contribution in [3.05, 3.63) is 102 Å². The maximum atomic E-state index is 13.0. The molecular weight excluding hydrogens is 742 g/mol. The topological polar surface area (TPSA) is 114 Å². The number of nitrogens with zero attached hydrogens (tertiary/aromatic N) is 2. The van der Waals surface area contributed by atoms with E-state index in [2.05, 4.69) is 27.7 Å². The standard InChI is InChI=1S/C23H28NO5P.C18H26NO5P/c1-3-20-21(14-17(2)27-20)28-30-24(15-22(29-30)18-10-6-4-7-11-18)23(25)16-26-19-12-8-5-9-13-19;1-4-15-16(10-13(2)22-15)23-25-19(18(20)12-21-3)11-17(24-25)14-8-6-5-7-9-14/h4-13,17,20-22H,3,14-16H2,1-2H3;5-9,13,15-17H,4,10-12H2,1-3H3/t17-,20+,21?,22?,30?;13-,15+,16?,17?,25?/m00/s1. The molecule has 0 aromatic heterocycles. The number of amides is 2. The van der Waals surface area contributed by atoms with E-state index in [1.54, 1.807) is 9.34 Å². The number of para-hydroxylation sites is 1. The fourth-order valence-corrected chi connectivity index (χ4v) is 10.3. The highest BCUT2D eigenvalue weighted by atomic mass is 31.2. The second kappa shape index (κ2) is 20.4. The van der Waals surface area contributed by atoms with Crippen LogP contribution in [-0.2, 0) is 41.9 Å². The maximum Gasteiger partial charge on any atom is 0.293 e. The van der Waals surface area contributed by atoms with Crippen molar-refractivity contribution in [3.8, 4) is 5.75 Å². The number of carbonyl (C=O) groups excluding carboxylic acids is 2. The molecule has 0 saturated carbocycles. The van der Waals surface area contributed by atoms with Crippen LogP contribution in [0.4, 0.5) is 0 Å². The molecule has 298 valence electrons. The van der Waals surface area contributed by atoms with Crippen LogP contribution in [0.25, 0.3) is 0 Å². The van der Waals surface area contributed by atoms with Gasteiger partial charge in [-0.3, -0.25) is 18.9 Å². The van der Waals surface area contributed by atoms with E-state index in [9.17, 15) is 9.59 Å². The van der Waals surface area contributed by atoms with Gasteiger partial charge in [-0.1, -0.05) is 92.7 Å². The average molecular weight is 797 g/mol. The van der Waals surface area contributed by atoms with Crippen LogP contribution in [0.1, 0.15) is 76.7 Å². The first kappa shape index (κ1) is 41.6. The van der Waals surface area contributed by atoms with Crippen LogP contribution in [0.3, 0.4) is 0 Å². The van der Waals surface area contributed by atoms with Crippen molar-refractivity contribution in [1.82, 2.24) is 9.34 Å². The number of methoxy groups -OCH3 is 1. The largest absolute Gasteiger partial charge is 0.484 e. The van der Waals surface area contributed by atoms with Gasteiger partial charge in [-0.05, 0) is 49.9 Å². The molecule has 3 aromatic rings. The van der Waals surface area contributed by atoms with Crippen molar-refractivity contribution in [2.75, 3.05) is 33.4 Å². The summed E-state index contributed by atoms with van der Waals surface area (Å²) in [6.07, 6.45) is 3.27. The van der Waals surface area contributed by atoms with Gasteiger partial charge >= 0.3 is 0 Å². The highest BCUT2D eigenvalue weighted by Crippen LogP contribution is 2.57. The van der Waals surface area contributed by atoms with Crippen molar-refractivity contribution < 1.29 is 46.6 Å². The fraction of sp³-hybridized carbons (Fsp3) is 0.512. The average Bonchev–Trinajstić information content (AvgIpc) is 4.00. The summed E-state index contributed by atoms with van der Waals surface area (Å²) < 4.78 is 50.9. The Morgan fingerprint density at radius 3 is 1.49 bits per heavy atom. The summed E-state index contributed by atoms with van der Waals surface area (Å²) in [5.74, 6) is 0.426. The molecule has 0 radical (unpaired) electrons. The molecule has 0 N–H and O–H groups in total. The molecule has 6 unspecified atom stereocenters. The van der Waals surface area contributed by atoms with Crippen LogP contribution >= 0.6 is 17.1 Å². The zero-order valence-corrected chi connectivity index (χ0v) is 34.1. The molecule has 4 saturated heterocycles. The summed E-state index contributed by atoms with van der Waals surface area (Å²) in [5, 5.41) is 0. The van der Waals surface area contributed by atoms with Crippen LogP contribution in [0.2, 0.25) is 0 Å². The first-order valence-corrected chi connectivity index (χ1v) is 21.5. The van der Waals surface area contributed by atoms with E-state index >= 15 is 0 Å². The van der Waals surface area contributed by atoms with Gasteiger partial charge in [0.15, 0.2) is 6.61 Å². The molecule has 0 spiro atoms. The van der Waals surface area contributed by atoms with Crippen LogP contribution in [0.15, 0.2) is 91.0 Å². The Morgan fingerprint density at radius 1 is 0.655 bits per heavy atom. The molecular formula is C41H54N2O10P2. The minimum Gasteiger partial charge on any atom is -0.484 e. The van der Waals surface area contributed by atoms with Gasteiger partial charge in [0, 0.05) is 20.0 Å². The molecule has 4 aliphatic heterocycles. The lowest BCUT2D eigenvalue weighted by Crippen LogP contribution is -2.31. The van der Waals surface area contributed by atoms with Gasteiger partial charge in [0.05, 0.1) is 49.7 Å². The Labute approximate surface area is 327 Å². The Morgan fingerprint density at radius 2 is 1.07 bits per heavy atom. The smallest absolute Gasteiger partial charge is 0.293 e. The van der Waals surface area contributed by atoms with Crippen LogP contribution in [0, 0.1) is 0 Å². The molecule has 4 aliphatic rings. The van der Waals surface area contributed by atoms with E-state index in [1.165, 1.54) is 7.11 Å². The molecule has 10 atom stereocenters. The van der Waals surface area contributed by atoms with E-state index in [0.717, 1.165) is 36.8 Å². The summed E-state index contributed by atoms with van der Waals surface area (Å²) in [6.45, 7) is 9.19. The molecule has 4 fully saturated rings. The zero-order chi connectivity index (χ0) is 38.7. The van der Waals surface area contributed by atoms with Crippen molar-refractivity contribution in [3.63, 3.8) is 0 Å². The third-order valence-electron chi connectivity index (χ3n) is 9.83. The summed E-state index contributed by atoms with van der Waals surface area (Å²) in [7, 11) is -1.47. The van der Waals surface area contributed by atoms with Crippen LogP contribution < -0.4 is 4.74 Å². The fourth-order valence-electron chi connectivity index (χ4n) is 7.01. The monoisotopic (exact) mass is 796 g/mol. The highest BCUT2D eigenvalue weighted by molar-refractivity contribution is 7.46. The lowest BCUT2D eigenvalue weighted by molar-refractivity contribution is -0.130. The lowest BCUT2D eigenvalue weighted by Gasteiger charge is -2.25. The molecule has 7 rings (SSSR count). The Hall–Kier alpha value is -3.02. The van der Waals surface area contributed by atoms with E-state index in [4.69, 9.17) is 37.0 Å². The van der Waals surface area contributed by atoms with Gasteiger partial charge < -0.3 is 37.0 Å². The normalized spacial score (nSPS) is 30.3. The highest BCUT2D eigenvalue weighted by Gasteiger charge is 2.45. The van der Waals surface area contributed by atoms with E-state index in [0.29, 0.717) is 18.8 Å². The second-order valence-corrected chi connectivity index (χ2v) is 16.8. The Kier molecular flexibility index (Phi) is 15.4. The van der Waals surface area contributed by atoms with Crippen molar-refractivity contribution in [1.29, 1.82) is 0 Å². The number of hydrogen-bond acceptors (Lipinski definition) is 10. The number of hydrogen-bond donors (Lipinski definition) is 0. The quantitative estimate of drug-likeness (QED) is 0.157. The van der Waals surface area contributed by atoms with Crippen LogP contribution in [-0.4, -0.2) is 91.2 Å². The summed E-state index contributed by atoms with van der Waals surface area (Å²) in [4.78, 5) is 25.5. The summed E-state index contributed by atoms with van der Waals surface area (Å²) >= 11 is 0. The first-order valence-electron chi connectivity index (χ1n) is 19.2. The third kappa shape index (κ3) is 11.1. The summed E-state index contributed by atoms with van der Waals surface area (Å²) in [5.41, 5.74) is 2.09. The molecule has 0 aliphatic carbocycles. The van der Waals surface area contributed by atoms with Gasteiger partial charge in [0.2, 0.25) is 0 Å². The summed E-state index contributed by atoms with van der Waals surface area (Å²) in [6, 6.07) is 29.2. The first-order chi connectivity index (χ1) is 26.8. The molecule has 2 amide bonds. The van der Waals surface area contributed by atoms with Gasteiger partial charge in [-0.2, -0.15) is 0 Å². The molecule has 4 heterocycles. The van der Waals surface area contributed by atoms with Crippen molar-refractivity contribution >= 4 is 28.9 Å². The van der Waals surface area contributed by atoms with Crippen LogP contribution in [0.5, 0.6) is 5.75 Å². The number of rotatable bonds is 13. The lowest BCUT2D eigenvalue weighted by atomic mass is 10.1. The molecule has 3 aromatic carbocycles. The number of carbonyl (C=O) groups is 2. The van der Waals surface area contributed by atoms with Gasteiger partial charge in [0.25, 0.3) is 28.9 Å². The third-order valence-corrected chi connectivity index (χ3v) is 13.2. The minimum absolute atomic E-state index is 0.0272. The van der Waals surface area contributed by atoms with Crippen molar-refractivity contribution in [2.24, 2.45) is 0 Å². The minimum atomic E-state index is -1.53. The Bertz CT molecular complexity index is 1630. The van der Waals surface area contributed by atoms with Gasteiger partial charge in [-0.15, -0.1) is 0 Å². The molecule has 55 heavy (non-hydrogen) atoms. The molecule has 0 bridgehead atoms. The van der Waals surface area contributed by atoms with Gasteiger partial charge in [0.1, 0.15) is 24.6 Å². The zero-order valence-electron chi connectivity index (χ0n) is 32.3. The second-order valence-electron chi connectivity index (χ2n) is 14.0. The molecule has 14 heteroatoms. The number of ether oxygens (including phenoxy) is 4. The van der Waals surface area contributed by atoms with Gasteiger partial charge in [-0.25, -0.2) is 0 Å². The Balaban J connectivity index is 0.000000190. The van der Waals surface area contributed by atoms with E-state index in [-0.39, 0.29) is 73.9 Å². The van der Waals surface area contributed by atoms with E-state index < -0.39 is 17.1 Å². The SMILES string of the molecule is CC[C@H]1O[C@@H](C)CC1OP1OC(c2ccccc2)CN1C(=O)COC.CC[C@H]1O[C@@H](C)CC1OP1OC(c2ccccc2)CN1C(=O)COc1ccccc1. The van der Waals surface area contributed by atoms with E-state index in [1.807, 2.05) is 91.0 Å². The van der Waals surface area contributed by atoms with Crippen molar-refractivity contribution in [2.45, 2.75) is 102 Å². The predicted octanol–water partition coefficient (Wildman–Crippen LogP) is 8.30. The maximum absolute atomic E-state index is 13.0. The molecule has 12 nitrogen and oxygen atoms in total. The predicted molar refractivity (Wildman–Crippen MR) is 210 cm³/mol. The number of benzene rings is 3.